The average molecular weight is 488 g/mol. The van der Waals surface area contributed by atoms with E-state index in [0.29, 0.717) is 48.7 Å². The number of thiophene rings is 1. The van der Waals surface area contributed by atoms with Gasteiger partial charge in [0.15, 0.2) is 11.0 Å². The molecule has 0 unspecified atom stereocenters. The smallest absolute Gasteiger partial charge is 0.264 e. The summed E-state index contributed by atoms with van der Waals surface area (Å²) >= 11 is 8.79. The van der Waals surface area contributed by atoms with Gasteiger partial charge < -0.3 is 9.80 Å². The van der Waals surface area contributed by atoms with Gasteiger partial charge in [-0.3, -0.25) is 14.2 Å². The molecule has 0 spiro atoms. The van der Waals surface area contributed by atoms with Gasteiger partial charge in [0.2, 0.25) is 5.91 Å². The van der Waals surface area contributed by atoms with E-state index in [1.807, 2.05) is 51.2 Å². The van der Waals surface area contributed by atoms with Gasteiger partial charge in [0.25, 0.3) is 5.91 Å². The number of carbonyl (C=O) groups excluding carboxylic acids is 2. The summed E-state index contributed by atoms with van der Waals surface area (Å²) in [4.78, 5) is 29.6. The minimum Gasteiger partial charge on any atom is -0.338 e. The number of thioether (sulfide) groups is 1. The Morgan fingerprint density at radius 1 is 1.09 bits per heavy atom. The number of hydrogen-bond acceptors (Lipinski definition) is 6. The number of hydrogen-bond donors (Lipinski definition) is 0. The highest BCUT2D eigenvalue weighted by Crippen LogP contribution is 2.25. The van der Waals surface area contributed by atoms with Crippen LogP contribution in [0.4, 0.5) is 0 Å². The monoisotopic (exact) mass is 487 g/mol. The van der Waals surface area contributed by atoms with Gasteiger partial charge in [-0.25, -0.2) is 0 Å². The van der Waals surface area contributed by atoms with Crippen molar-refractivity contribution in [3.05, 3.63) is 64.3 Å². The van der Waals surface area contributed by atoms with Gasteiger partial charge in [-0.15, -0.1) is 28.1 Å². The number of allylic oxidation sites excluding steroid dienone is 1. The topological polar surface area (TPSA) is 71.3 Å². The third-order valence-electron chi connectivity index (χ3n) is 5.11. The molecule has 1 fully saturated rings. The number of carbonyl (C=O) groups is 2. The third-order valence-corrected chi connectivity index (χ3v) is 7.17. The van der Waals surface area contributed by atoms with Gasteiger partial charge in [0.1, 0.15) is 0 Å². The number of piperazine rings is 1. The molecule has 1 aliphatic heterocycles. The summed E-state index contributed by atoms with van der Waals surface area (Å²) in [7, 11) is 0. The molecule has 7 nitrogen and oxygen atoms in total. The molecule has 32 heavy (non-hydrogen) atoms. The van der Waals surface area contributed by atoms with Crippen LogP contribution >= 0.6 is 34.7 Å². The predicted octanol–water partition coefficient (Wildman–Crippen LogP) is 3.92. The second kappa shape index (κ2) is 10.3. The van der Waals surface area contributed by atoms with E-state index in [4.69, 9.17) is 11.6 Å². The quantitative estimate of drug-likeness (QED) is 0.373. The van der Waals surface area contributed by atoms with Crippen LogP contribution in [0.25, 0.3) is 11.4 Å². The summed E-state index contributed by atoms with van der Waals surface area (Å²) in [6.07, 6.45) is 1.78. The van der Waals surface area contributed by atoms with Crippen LogP contribution in [0, 0.1) is 0 Å². The van der Waals surface area contributed by atoms with Crippen LogP contribution < -0.4 is 0 Å². The predicted molar refractivity (Wildman–Crippen MR) is 128 cm³/mol. The highest BCUT2D eigenvalue weighted by Gasteiger charge is 2.25. The van der Waals surface area contributed by atoms with Crippen molar-refractivity contribution in [2.45, 2.75) is 11.7 Å². The lowest BCUT2D eigenvalue weighted by Crippen LogP contribution is -2.51. The SMILES string of the molecule is C=CCn1c(SCC(=O)N2CCN(C(=O)c3cccs3)CC2)nnc1-c1ccc(Cl)cc1. The minimum absolute atomic E-state index is 0.0272. The molecule has 0 bridgehead atoms. The minimum atomic E-state index is 0.0272. The summed E-state index contributed by atoms with van der Waals surface area (Å²) in [5.74, 6) is 1.03. The number of aromatic nitrogens is 3. The molecule has 0 aliphatic carbocycles. The molecule has 4 rings (SSSR count). The van der Waals surface area contributed by atoms with E-state index >= 15 is 0 Å². The summed E-state index contributed by atoms with van der Waals surface area (Å²) < 4.78 is 1.94. The van der Waals surface area contributed by atoms with Crippen molar-refractivity contribution < 1.29 is 9.59 Å². The molecule has 1 saturated heterocycles. The summed E-state index contributed by atoms with van der Waals surface area (Å²) in [5.41, 5.74) is 0.897. The average Bonchev–Trinajstić information content (AvgIpc) is 3.49. The molecular weight excluding hydrogens is 466 g/mol. The van der Waals surface area contributed by atoms with E-state index in [1.165, 1.54) is 23.1 Å². The van der Waals surface area contributed by atoms with Crippen LogP contribution in [0.3, 0.4) is 0 Å². The van der Waals surface area contributed by atoms with E-state index in [9.17, 15) is 9.59 Å². The molecule has 166 valence electrons. The lowest BCUT2D eigenvalue weighted by molar-refractivity contribution is -0.129. The van der Waals surface area contributed by atoms with Crippen LogP contribution in [0.2, 0.25) is 5.02 Å². The first-order valence-corrected chi connectivity index (χ1v) is 12.3. The van der Waals surface area contributed by atoms with Gasteiger partial charge in [-0.2, -0.15) is 0 Å². The molecule has 1 aromatic carbocycles. The normalized spacial score (nSPS) is 13.9. The lowest BCUT2D eigenvalue weighted by Gasteiger charge is -2.34. The molecule has 3 aromatic rings. The van der Waals surface area contributed by atoms with Crippen LogP contribution in [0.1, 0.15) is 9.67 Å². The second-order valence-electron chi connectivity index (χ2n) is 7.15. The molecule has 2 aromatic heterocycles. The molecule has 3 heterocycles. The Morgan fingerprint density at radius 2 is 1.81 bits per heavy atom. The van der Waals surface area contributed by atoms with E-state index < -0.39 is 0 Å². The first-order valence-electron chi connectivity index (χ1n) is 10.1. The first-order chi connectivity index (χ1) is 15.6. The highest BCUT2D eigenvalue weighted by molar-refractivity contribution is 7.99. The molecular formula is C22H22ClN5O2S2. The van der Waals surface area contributed by atoms with Crippen molar-refractivity contribution >= 4 is 46.5 Å². The van der Waals surface area contributed by atoms with Crippen LogP contribution in [-0.2, 0) is 11.3 Å². The third kappa shape index (κ3) is 5.06. The molecule has 2 amide bonds. The Kier molecular flexibility index (Phi) is 7.29. The zero-order chi connectivity index (χ0) is 22.5. The maximum absolute atomic E-state index is 12.8. The van der Waals surface area contributed by atoms with E-state index in [1.54, 1.807) is 11.0 Å². The van der Waals surface area contributed by atoms with Crippen molar-refractivity contribution in [2.75, 3.05) is 31.9 Å². The fraction of sp³-hybridized carbons (Fsp3) is 0.273. The fourth-order valence-electron chi connectivity index (χ4n) is 3.43. The Bertz CT molecular complexity index is 1090. The van der Waals surface area contributed by atoms with Crippen LogP contribution in [0.5, 0.6) is 0 Å². The zero-order valence-corrected chi connectivity index (χ0v) is 19.7. The Hall–Kier alpha value is -2.62. The van der Waals surface area contributed by atoms with E-state index in [-0.39, 0.29) is 17.6 Å². The number of nitrogens with zero attached hydrogens (tertiary/aromatic N) is 5. The fourth-order valence-corrected chi connectivity index (χ4v) is 5.10. The summed E-state index contributed by atoms with van der Waals surface area (Å²) in [6, 6.07) is 11.1. The van der Waals surface area contributed by atoms with Crippen molar-refractivity contribution in [2.24, 2.45) is 0 Å². The largest absolute Gasteiger partial charge is 0.338 e. The molecule has 0 atom stereocenters. The summed E-state index contributed by atoms with van der Waals surface area (Å²) in [6.45, 7) is 6.50. The maximum atomic E-state index is 12.8. The van der Waals surface area contributed by atoms with E-state index in [2.05, 4.69) is 16.8 Å². The van der Waals surface area contributed by atoms with Gasteiger partial charge in [0.05, 0.1) is 10.6 Å². The van der Waals surface area contributed by atoms with Crippen molar-refractivity contribution in [3.63, 3.8) is 0 Å². The number of benzene rings is 1. The van der Waals surface area contributed by atoms with Crippen LogP contribution in [0.15, 0.2) is 59.6 Å². The number of halogens is 1. The van der Waals surface area contributed by atoms with Crippen molar-refractivity contribution in [3.8, 4) is 11.4 Å². The second-order valence-corrected chi connectivity index (χ2v) is 9.48. The Morgan fingerprint density at radius 3 is 2.47 bits per heavy atom. The van der Waals surface area contributed by atoms with E-state index in [0.717, 1.165) is 10.4 Å². The highest BCUT2D eigenvalue weighted by atomic mass is 35.5. The zero-order valence-electron chi connectivity index (χ0n) is 17.3. The summed E-state index contributed by atoms with van der Waals surface area (Å²) in [5, 5.41) is 11.8. The van der Waals surface area contributed by atoms with Crippen molar-refractivity contribution in [1.82, 2.24) is 24.6 Å². The molecule has 0 saturated carbocycles. The lowest BCUT2D eigenvalue weighted by atomic mass is 10.2. The van der Waals surface area contributed by atoms with Gasteiger partial charge in [-0.05, 0) is 35.7 Å². The first kappa shape index (κ1) is 22.6. The van der Waals surface area contributed by atoms with Gasteiger partial charge >= 0.3 is 0 Å². The van der Waals surface area contributed by atoms with Crippen molar-refractivity contribution in [1.29, 1.82) is 0 Å². The number of rotatable bonds is 7. The van der Waals surface area contributed by atoms with Crippen LogP contribution in [-0.4, -0.2) is 68.3 Å². The maximum Gasteiger partial charge on any atom is 0.264 e. The standard InChI is InChI=1S/C22H22ClN5O2S2/c1-2-9-28-20(16-5-7-17(23)8-6-16)24-25-22(28)32-15-19(29)26-10-12-27(13-11-26)21(30)18-4-3-14-31-18/h2-8,14H,1,9-13,15H2. The van der Waals surface area contributed by atoms with Gasteiger partial charge in [0, 0.05) is 43.3 Å². The number of amides is 2. The molecule has 0 radical (unpaired) electrons. The molecule has 10 heteroatoms. The Labute approximate surface area is 199 Å². The Balaban J connectivity index is 1.35. The molecule has 0 N–H and O–H groups in total. The molecule has 1 aliphatic rings. The van der Waals surface area contributed by atoms with Gasteiger partial charge in [-0.1, -0.05) is 35.5 Å².